The SMILES string of the molecule is CC1(C)c2ccccc2-c2ccc(N(c3ccccc3)c3ccc4c(c3)c3c5c(ccc3n4-c3ccc(-c4ccccc4)cc3)sc3ccccc35)cc21. The van der Waals surface area contributed by atoms with Crippen molar-refractivity contribution >= 4 is 70.4 Å². The van der Waals surface area contributed by atoms with E-state index in [1.807, 2.05) is 11.3 Å². The number of hydrogen-bond donors (Lipinski definition) is 0. The summed E-state index contributed by atoms with van der Waals surface area (Å²) in [6.07, 6.45) is 0. The van der Waals surface area contributed by atoms with Crippen molar-refractivity contribution in [1.82, 2.24) is 4.57 Å². The third-order valence-corrected chi connectivity index (χ3v) is 12.7. The standard InChI is InChI=1S/C51H36N2S/c1-51(2)43-19-11-9-17-39(43)40-27-25-38(32-44(40)51)52(35-15-7-4-8-16-35)37-26-28-45-42(31-37)49-46(29-30-48-50(49)41-18-10-12-20-47(41)54-48)53(45)36-23-21-34(22-24-36)33-13-5-3-6-14-33/h3-32H,1-2H3. The van der Waals surface area contributed by atoms with Crippen LogP contribution in [0.25, 0.3) is 69.9 Å². The summed E-state index contributed by atoms with van der Waals surface area (Å²) in [4.78, 5) is 2.43. The lowest BCUT2D eigenvalue weighted by atomic mass is 9.82. The maximum Gasteiger partial charge on any atom is 0.0548 e. The highest BCUT2D eigenvalue weighted by Crippen LogP contribution is 2.51. The number of rotatable bonds is 5. The first-order valence-corrected chi connectivity index (χ1v) is 19.5. The fraction of sp³-hybridized carbons (Fsp3) is 0.0588. The van der Waals surface area contributed by atoms with E-state index in [0.29, 0.717) is 0 Å². The molecule has 10 aromatic rings. The fourth-order valence-electron chi connectivity index (χ4n) is 9.02. The quantitative estimate of drug-likeness (QED) is 0.173. The highest BCUT2D eigenvalue weighted by Gasteiger charge is 2.35. The predicted molar refractivity (Wildman–Crippen MR) is 231 cm³/mol. The molecule has 0 aliphatic heterocycles. The number of thiophene rings is 1. The Labute approximate surface area is 318 Å². The second-order valence-electron chi connectivity index (χ2n) is 15.0. The molecule has 2 nitrogen and oxygen atoms in total. The molecule has 0 atom stereocenters. The van der Waals surface area contributed by atoms with Crippen molar-refractivity contribution in [3.8, 4) is 27.9 Å². The van der Waals surface area contributed by atoms with Crippen molar-refractivity contribution in [2.24, 2.45) is 0 Å². The Morgan fingerprint density at radius 1 is 0.444 bits per heavy atom. The minimum Gasteiger partial charge on any atom is -0.310 e. The molecule has 11 rings (SSSR count). The van der Waals surface area contributed by atoms with Crippen LogP contribution in [-0.4, -0.2) is 4.57 Å². The smallest absolute Gasteiger partial charge is 0.0548 e. The first-order valence-electron chi connectivity index (χ1n) is 18.7. The summed E-state index contributed by atoms with van der Waals surface area (Å²) in [5.74, 6) is 0. The first-order chi connectivity index (χ1) is 26.5. The molecule has 3 heteroatoms. The average Bonchev–Trinajstić information content (AvgIpc) is 3.84. The average molecular weight is 709 g/mol. The van der Waals surface area contributed by atoms with E-state index in [1.165, 1.54) is 75.4 Å². The minimum atomic E-state index is -0.0939. The van der Waals surface area contributed by atoms with Crippen LogP contribution in [0.2, 0.25) is 0 Å². The molecular formula is C51H36N2S. The molecule has 0 radical (unpaired) electrons. The van der Waals surface area contributed by atoms with Crippen molar-refractivity contribution in [3.63, 3.8) is 0 Å². The molecule has 0 unspecified atom stereocenters. The second-order valence-corrected chi connectivity index (χ2v) is 16.0. The number of hydrogen-bond acceptors (Lipinski definition) is 2. The molecule has 1 aliphatic rings. The summed E-state index contributed by atoms with van der Waals surface area (Å²) in [6.45, 7) is 4.72. The van der Waals surface area contributed by atoms with Crippen LogP contribution in [0.3, 0.4) is 0 Å². The molecule has 0 spiro atoms. The van der Waals surface area contributed by atoms with Gasteiger partial charge in [-0.05, 0) is 106 Å². The van der Waals surface area contributed by atoms with E-state index >= 15 is 0 Å². The number of para-hydroxylation sites is 1. The minimum absolute atomic E-state index is 0.0939. The van der Waals surface area contributed by atoms with Crippen LogP contribution in [-0.2, 0) is 5.41 Å². The maximum absolute atomic E-state index is 2.46. The molecule has 0 fully saturated rings. The lowest BCUT2D eigenvalue weighted by Gasteiger charge is -2.28. The van der Waals surface area contributed by atoms with Crippen LogP contribution >= 0.6 is 11.3 Å². The van der Waals surface area contributed by atoms with Gasteiger partial charge in [0.2, 0.25) is 0 Å². The Kier molecular flexibility index (Phi) is 6.80. The van der Waals surface area contributed by atoms with Gasteiger partial charge < -0.3 is 9.47 Å². The Balaban J connectivity index is 1.16. The van der Waals surface area contributed by atoms with E-state index in [2.05, 4.69) is 205 Å². The lowest BCUT2D eigenvalue weighted by Crippen LogP contribution is -2.16. The zero-order valence-electron chi connectivity index (χ0n) is 30.1. The Morgan fingerprint density at radius 2 is 1.09 bits per heavy atom. The van der Waals surface area contributed by atoms with Gasteiger partial charge in [0.25, 0.3) is 0 Å². The van der Waals surface area contributed by atoms with Crippen molar-refractivity contribution in [1.29, 1.82) is 0 Å². The normalized spacial score (nSPS) is 13.1. The Bertz CT molecular complexity index is 3060. The highest BCUT2D eigenvalue weighted by molar-refractivity contribution is 7.26. The maximum atomic E-state index is 2.46. The van der Waals surface area contributed by atoms with E-state index in [9.17, 15) is 0 Å². The zero-order chi connectivity index (χ0) is 36.0. The van der Waals surface area contributed by atoms with Gasteiger partial charge in [0.1, 0.15) is 0 Å². The van der Waals surface area contributed by atoms with Crippen molar-refractivity contribution in [3.05, 3.63) is 193 Å². The molecule has 256 valence electrons. The molecule has 8 aromatic carbocycles. The summed E-state index contributed by atoms with van der Waals surface area (Å²) in [6, 6.07) is 67.0. The van der Waals surface area contributed by atoms with Gasteiger partial charge >= 0.3 is 0 Å². The summed E-state index contributed by atoms with van der Waals surface area (Å²) in [7, 11) is 0. The molecule has 0 amide bonds. The predicted octanol–water partition coefficient (Wildman–Crippen LogP) is 14.6. The number of nitrogens with zero attached hydrogens (tertiary/aromatic N) is 2. The number of aromatic nitrogens is 1. The molecule has 0 bridgehead atoms. The largest absolute Gasteiger partial charge is 0.310 e. The molecule has 2 aromatic heterocycles. The van der Waals surface area contributed by atoms with Crippen molar-refractivity contribution in [2.75, 3.05) is 4.90 Å². The topological polar surface area (TPSA) is 8.17 Å². The lowest BCUT2D eigenvalue weighted by molar-refractivity contribution is 0.660. The van der Waals surface area contributed by atoms with E-state index < -0.39 is 0 Å². The molecule has 0 saturated heterocycles. The van der Waals surface area contributed by atoms with E-state index in [-0.39, 0.29) is 5.41 Å². The Hall–Kier alpha value is -6.42. The number of anilines is 3. The van der Waals surface area contributed by atoms with Crippen LogP contribution in [0.15, 0.2) is 182 Å². The van der Waals surface area contributed by atoms with Crippen molar-refractivity contribution < 1.29 is 0 Å². The molecule has 2 heterocycles. The van der Waals surface area contributed by atoms with Crippen molar-refractivity contribution in [2.45, 2.75) is 19.3 Å². The second kappa shape index (κ2) is 11.8. The van der Waals surface area contributed by atoms with E-state index in [4.69, 9.17) is 0 Å². The van der Waals surface area contributed by atoms with Gasteiger partial charge in [0.05, 0.1) is 11.0 Å². The summed E-state index contributed by atoms with van der Waals surface area (Å²) in [5.41, 5.74) is 14.8. The Morgan fingerprint density at radius 3 is 1.93 bits per heavy atom. The van der Waals surface area contributed by atoms with Gasteiger partial charge in [-0.2, -0.15) is 0 Å². The van der Waals surface area contributed by atoms with Gasteiger partial charge in [-0.1, -0.05) is 123 Å². The third-order valence-electron chi connectivity index (χ3n) is 11.6. The summed E-state index contributed by atoms with van der Waals surface area (Å²) < 4.78 is 5.08. The monoisotopic (exact) mass is 708 g/mol. The molecule has 0 saturated carbocycles. The van der Waals surface area contributed by atoms with Crippen LogP contribution in [0.5, 0.6) is 0 Å². The molecule has 0 N–H and O–H groups in total. The van der Waals surface area contributed by atoms with Crippen LogP contribution in [0.4, 0.5) is 17.1 Å². The van der Waals surface area contributed by atoms with E-state index in [1.54, 1.807) is 0 Å². The van der Waals surface area contributed by atoms with Crippen LogP contribution in [0.1, 0.15) is 25.0 Å². The zero-order valence-corrected chi connectivity index (χ0v) is 30.9. The molecule has 1 aliphatic carbocycles. The van der Waals surface area contributed by atoms with Gasteiger partial charge in [0.15, 0.2) is 0 Å². The third kappa shape index (κ3) is 4.58. The van der Waals surface area contributed by atoms with Gasteiger partial charge in [0, 0.05) is 59.1 Å². The summed E-state index contributed by atoms with van der Waals surface area (Å²) in [5, 5.41) is 5.19. The summed E-state index contributed by atoms with van der Waals surface area (Å²) >= 11 is 1.88. The van der Waals surface area contributed by atoms with Gasteiger partial charge in [-0.3, -0.25) is 0 Å². The van der Waals surface area contributed by atoms with Crippen LogP contribution < -0.4 is 4.90 Å². The first kappa shape index (κ1) is 31.1. The van der Waals surface area contributed by atoms with Gasteiger partial charge in [-0.25, -0.2) is 0 Å². The molecular weight excluding hydrogens is 673 g/mol. The number of benzene rings is 8. The highest BCUT2D eigenvalue weighted by atomic mass is 32.1. The van der Waals surface area contributed by atoms with Gasteiger partial charge in [-0.15, -0.1) is 11.3 Å². The molecule has 54 heavy (non-hydrogen) atoms. The van der Waals surface area contributed by atoms with E-state index in [0.717, 1.165) is 22.7 Å². The fourth-order valence-corrected chi connectivity index (χ4v) is 10.1. The van der Waals surface area contributed by atoms with Crippen LogP contribution in [0, 0.1) is 0 Å². The number of fused-ring (bicyclic) bond motifs is 10.